The summed E-state index contributed by atoms with van der Waals surface area (Å²) in [6.07, 6.45) is 0. The number of benzene rings is 2. The molecule has 0 atom stereocenters. The van der Waals surface area contributed by atoms with Crippen LogP contribution in [0.2, 0.25) is 5.02 Å². The van der Waals surface area contributed by atoms with Crippen molar-refractivity contribution in [1.29, 1.82) is 0 Å². The average Bonchev–Trinajstić information content (AvgIpc) is 3.17. The second-order valence-electron chi connectivity index (χ2n) is 5.93. The van der Waals surface area contributed by atoms with Gasteiger partial charge in [-0.3, -0.25) is 14.7 Å². The highest BCUT2D eigenvalue weighted by Crippen LogP contribution is 2.20. The van der Waals surface area contributed by atoms with Crippen molar-refractivity contribution in [3.05, 3.63) is 70.9 Å². The van der Waals surface area contributed by atoms with Crippen molar-refractivity contribution in [3.63, 3.8) is 0 Å². The summed E-state index contributed by atoms with van der Waals surface area (Å²) < 4.78 is 4.98. The van der Waals surface area contributed by atoms with Gasteiger partial charge in [0.05, 0.1) is 11.4 Å². The van der Waals surface area contributed by atoms with E-state index in [1.54, 1.807) is 49.4 Å². The third kappa shape index (κ3) is 4.83. The lowest BCUT2D eigenvalue weighted by Gasteiger charge is -2.04. The number of halogens is 1. The van der Waals surface area contributed by atoms with Crippen LogP contribution in [0.3, 0.4) is 0 Å². The molecule has 3 rings (SSSR count). The Labute approximate surface area is 166 Å². The Balaban J connectivity index is 1.66. The van der Waals surface area contributed by atoms with Crippen LogP contribution in [-0.4, -0.2) is 27.8 Å². The van der Waals surface area contributed by atoms with Gasteiger partial charge in [0, 0.05) is 17.5 Å². The maximum atomic E-state index is 12.3. The summed E-state index contributed by atoms with van der Waals surface area (Å²) in [5.74, 6) is -0.355. The van der Waals surface area contributed by atoms with E-state index in [1.165, 1.54) is 6.92 Å². The van der Waals surface area contributed by atoms with Crippen LogP contribution < -0.4 is 10.2 Å². The fraction of sp³-hybridized carbons (Fsp3) is 0.100. The third-order valence-electron chi connectivity index (χ3n) is 3.82. The Kier molecular flexibility index (Phi) is 5.86. The van der Waals surface area contributed by atoms with E-state index in [-0.39, 0.29) is 11.7 Å². The van der Waals surface area contributed by atoms with Crippen molar-refractivity contribution in [1.82, 2.24) is 15.6 Å². The molecule has 0 spiro atoms. The second-order valence-corrected chi connectivity index (χ2v) is 6.37. The smallest absolute Gasteiger partial charge is 0.308 e. The van der Waals surface area contributed by atoms with Crippen LogP contribution in [0.15, 0.2) is 59.7 Å². The van der Waals surface area contributed by atoms with Gasteiger partial charge in [0.15, 0.2) is 0 Å². The van der Waals surface area contributed by atoms with Crippen LogP contribution in [-0.2, 0) is 4.79 Å². The zero-order valence-corrected chi connectivity index (χ0v) is 15.9. The molecule has 0 fully saturated rings. The number of H-pyrrole nitrogens is 1. The largest absolute Gasteiger partial charge is 0.427 e. The van der Waals surface area contributed by atoms with E-state index in [0.717, 1.165) is 11.1 Å². The molecule has 0 bridgehead atoms. The number of carbonyl (C=O) groups is 2. The molecule has 0 aliphatic heterocycles. The van der Waals surface area contributed by atoms with Crippen molar-refractivity contribution < 1.29 is 14.3 Å². The Hall–Kier alpha value is -3.45. The number of hydrogen-bond donors (Lipinski definition) is 2. The zero-order chi connectivity index (χ0) is 20.1. The van der Waals surface area contributed by atoms with E-state index in [2.05, 4.69) is 20.7 Å². The van der Waals surface area contributed by atoms with Gasteiger partial charge in [-0.2, -0.15) is 10.2 Å². The van der Waals surface area contributed by atoms with Gasteiger partial charge < -0.3 is 4.74 Å². The van der Waals surface area contributed by atoms with Gasteiger partial charge >= 0.3 is 5.97 Å². The molecular weight excluding hydrogens is 380 g/mol. The molecule has 0 unspecified atom stereocenters. The van der Waals surface area contributed by atoms with E-state index < -0.39 is 5.91 Å². The molecule has 1 aromatic heterocycles. The lowest BCUT2D eigenvalue weighted by molar-refractivity contribution is -0.131. The average molecular weight is 397 g/mol. The number of nitrogens with one attached hydrogen (secondary N) is 2. The molecule has 142 valence electrons. The molecular formula is C20H17ClN4O3. The summed E-state index contributed by atoms with van der Waals surface area (Å²) in [4.78, 5) is 23.2. The van der Waals surface area contributed by atoms with E-state index >= 15 is 0 Å². The predicted molar refractivity (Wildman–Crippen MR) is 106 cm³/mol. The van der Waals surface area contributed by atoms with Crippen molar-refractivity contribution in [3.8, 4) is 17.0 Å². The Morgan fingerprint density at radius 2 is 1.75 bits per heavy atom. The number of aromatic nitrogens is 2. The first kappa shape index (κ1) is 19.3. The monoisotopic (exact) mass is 396 g/mol. The lowest BCUT2D eigenvalue weighted by atomic mass is 10.1. The summed E-state index contributed by atoms with van der Waals surface area (Å²) in [5, 5.41) is 11.6. The van der Waals surface area contributed by atoms with Gasteiger partial charge in [0.2, 0.25) is 0 Å². The number of rotatable bonds is 5. The molecule has 28 heavy (non-hydrogen) atoms. The first-order chi connectivity index (χ1) is 13.4. The standard InChI is InChI=1S/C20H17ClN4O3/c1-12(14-5-9-17(10-6-14)28-13(2)26)22-25-20(27)19-11-18(23-24-19)15-3-7-16(21)8-4-15/h3-11H,1-2H3,(H,23,24)(H,25,27)/b22-12-. The number of aromatic amines is 1. The van der Waals surface area contributed by atoms with Gasteiger partial charge in [-0.1, -0.05) is 23.7 Å². The first-order valence-corrected chi connectivity index (χ1v) is 8.75. The maximum Gasteiger partial charge on any atom is 0.308 e. The molecule has 1 amide bonds. The molecule has 0 saturated carbocycles. The molecule has 2 aromatic carbocycles. The topological polar surface area (TPSA) is 96.4 Å². The highest BCUT2D eigenvalue weighted by molar-refractivity contribution is 6.30. The summed E-state index contributed by atoms with van der Waals surface area (Å²) in [7, 11) is 0. The van der Waals surface area contributed by atoms with Gasteiger partial charge in [0.25, 0.3) is 5.91 Å². The van der Waals surface area contributed by atoms with Gasteiger partial charge in [-0.05, 0) is 55.0 Å². The summed E-state index contributed by atoms with van der Waals surface area (Å²) in [6.45, 7) is 3.09. The van der Waals surface area contributed by atoms with E-state index in [0.29, 0.717) is 22.2 Å². The highest BCUT2D eigenvalue weighted by atomic mass is 35.5. The summed E-state index contributed by atoms with van der Waals surface area (Å²) >= 11 is 5.88. The minimum Gasteiger partial charge on any atom is -0.427 e. The van der Waals surface area contributed by atoms with Crippen molar-refractivity contribution in [2.24, 2.45) is 5.10 Å². The molecule has 7 nitrogen and oxygen atoms in total. The van der Waals surface area contributed by atoms with Gasteiger partial charge in [0.1, 0.15) is 11.4 Å². The highest BCUT2D eigenvalue weighted by Gasteiger charge is 2.11. The molecule has 0 aliphatic carbocycles. The number of nitrogens with zero attached hydrogens (tertiary/aromatic N) is 2. The van der Waals surface area contributed by atoms with E-state index in [4.69, 9.17) is 16.3 Å². The first-order valence-electron chi connectivity index (χ1n) is 8.37. The quantitative estimate of drug-likeness (QED) is 0.296. The lowest BCUT2D eigenvalue weighted by Crippen LogP contribution is -2.19. The number of ether oxygens (including phenoxy) is 1. The summed E-state index contributed by atoms with van der Waals surface area (Å²) in [6, 6.07) is 15.6. The van der Waals surface area contributed by atoms with E-state index in [9.17, 15) is 9.59 Å². The van der Waals surface area contributed by atoms with Crippen molar-refractivity contribution >= 4 is 29.2 Å². The second kappa shape index (κ2) is 8.49. The Bertz CT molecular complexity index is 1020. The van der Waals surface area contributed by atoms with Crippen LogP contribution >= 0.6 is 11.6 Å². The van der Waals surface area contributed by atoms with Crippen LogP contribution in [0.5, 0.6) is 5.75 Å². The van der Waals surface area contributed by atoms with Crippen LogP contribution in [0.4, 0.5) is 0 Å². The van der Waals surface area contributed by atoms with Crippen molar-refractivity contribution in [2.75, 3.05) is 0 Å². The minimum atomic E-state index is -0.413. The van der Waals surface area contributed by atoms with Crippen LogP contribution in [0, 0.1) is 0 Å². The normalized spacial score (nSPS) is 11.2. The van der Waals surface area contributed by atoms with Gasteiger partial charge in [-0.25, -0.2) is 5.43 Å². The summed E-state index contributed by atoms with van der Waals surface area (Å²) in [5.41, 5.74) is 5.62. The fourth-order valence-electron chi connectivity index (χ4n) is 2.40. The van der Waals surface area contributed by atoms with Gasteiger partial charge in [-0.15, -0.1) is 0 Å². The number of hydrazone groups is 1. The number of esters is 1. The number of hydrogen-bond acceptors (Lipinski definition) is 5. The molecule has 1 heterocycles. The molecule has 2 N–H and O–H groups in total. The molecule has 0 radical (unpaired) electrons. The molecule has 0 aliphatic rings. The number of carbonyl (C=O) groups excluding carboxylic acids is 2. The SMILES string of the molecule is CC(=O)Oc1ccc(/C(C)=N\NC(=O)c2cc(-c3ccc(Cl)cc3)n[nH]2)cc1. The fourth-order valence-corrected chi connectivity index (χ4v) is 2.52. The molecule has 0 saturated heterocycles. The van der Waals surface area contributed by atoms with E-state index in [1.807, 2.05) is 12.1 Å². The minimum absolute atomic E-state index is 0.284. The predicted octanol–water partition coefficient (Wildman–Crippen LogP) is 3.81. The number of amides is 1. The zero-order valence-electron chi connectivity index (χ0n) is 15.2. The third-order valence-corrected chi connectivity index (χ3v) is 4.07. The van der Waals surface area contributed by atoms with Crippen LogP contribution in [0.25, 0.3) is 11.3 Å². The molecule has 8 heteroatoms. The van der Waals surface area contributed by atoms with Crippen LogP contribution in [0.1, 0.15) is 29.9 Å². The molecule has 3 aromatic rings. The van der Waals surface area contributed by atoms with Crippen molar-refractivity contribution in [2.45, 2.75) is 13.8 Å². The Morgan fingerprint density at radius 1 is 1.07 bits per heavy atom. The Morgan fingerprint density at radius 3 is 2.39 bits per heavy atom. The maximum absolute atomic E-state index is 12.3.